The fourth-order valence-corrected chi connectivity index (χ4v) is 3.94. The third kappa shape index (κ3) is 4.51. The molecule has 1 aromatic carbocycles. The van der Waals surface area contributed by atoms with Gasteiger partial charge in [0.15, 0.2) is 4.80 Å². The predicted octanol–water partition coefficient (Wildman–Crippen LogP) is 3.69. The summed E-state index contributed by atoms with van der Waals surface area (Å²) in [5.74, 6) is 0.682. The minimum Gasteiger partial charge on any atom is -0.496 e. The molecule has 134 valence electrons. The summed E-state index contributed by atoms with van der Waals surface area (Å²) in [5, 5.41) is 0.483. The Morgan fingerprint density at radius 1 is 1.44 bits per heavy atom. The highest BCUT2D eigenvalue weighted by Crippen LogP contribution is 2.23. The molecule has 0 saturated carbocycles. The molecule has 1 aliphatic heterocycles. The lowest BCUT2D eigenvalue weighted by Crippen LogP contribution is -2.25. The molecule has 1 amide bonds. The summed E-state index contributed by atoms with van der Waals surface area (Å²) in [5.41, 5.74) is 0.374. The van der Waals surface area contributed by atoms with Crippen LogP contribution in [0.4, 0.5) is 0 Å². The van der Waals surface area contributed by atoms with Gasteiger partial charge in [0, 0.05) is 35.9 Å². The number of hydrogen-bond acceptors (Lipinski definition) is 4. The summed E-state index contributed by atoms with van der Waals surface area (Å²) in [6.45, 7) is 4.49. The fourth-order valence-electron chi connectivity index (χ4n) is 2.92. The van der Waals surface area contributed by atoms with Gasteiger partial charge in [-0.05, 0) is 43.9 Å². The van der Waals surface area contributed by atoms with Crippen molar-refractivity contribution < 1.29 is 14.3 Å². The van der Waals surface area contributed by atoms with E-state index in [4.69, 9.17) is 21.1 Å². The Labute approximate surface area is 155 Å². The lowest BCUT2D eigenvalue weighted by Gasteiger charge is -2.22. The molecule has 3 rings (SSSR count). The SMILES string of the molecule is COc1ccc(Cl)cc1C(=O)/N=c1\sc(C)cn1CC1CCOCC1. The number of methoxy groups -OCH3 is 1. The van der Waals surface area contributed by atoms with Crippen LogP contribution < -0.4 is 9.54 Å². The highest BCUT2D eigenvalue weighted by molar-refractivity contribution is 7.09. The quantitative estimate of drug-likeness (QED) is 0.812. The Morgan fingerprint density at radius 3 is 2.92 bits per heavy atom. The van der Waals surface area contributed by atoms with E-state index in [1.807, 2.05) is 6.92 Å². The van der Waals surface area contributed by atoms with Gasteiger partial charge in [-0.25, -0.2) is 0 Å². The van der Waals surface area contributed by atoms with Crippen LogP contribution >= 0.6 is 22.9 Å². The number of amides is 1. The second-order valence-electron chi connectivity index (χ2n) is 6.09. The van der Waals surface area contributed by atoms with Crippen molar-refractivity contribution in [2.45, 2.75) is 26.3 Å². The number of ether oxygens (including phenoxy) is 2. The first kappa shape index (κ1) is 18.2. The zero-order valence-corrected chi connectivity index (χ0v) is 15.9. The van der Waals surface area contributed by atoms with Crippen molar-refractivity contribution in [1.82, 2.24) is 4.57 Å². The summed E-state index contributed by atoms with van der Waals surface area (Å²) >= 11 is 7.54. The molecule has 7 heteroatoms. The van der Waals surface area contributed by atoms with Crippen LogP contribution in [0.15, 0.2) is 29.4 Å². The van der Waals surface area contributed by atoms with Crippen molar-refractivity contribution in [3.63, 3.8) is 0 Å². The van der Waals surface area contributed by atoms with Crippen LogP contribution in [0.5, 0.6) is 5.75 Å². The Balaban J connectivity index is 1.90. The first-order valence-electron chi connectivity index (χ1n) is 8.24. The Bertz CT molecular complexity index is 822. The van der Waals surface area contributed by atoms with Gasteiger partial charge in [-0.2, -0.15) is 4.99 Å². The maximum Gasteiger partial charge on any atom is 0.283 e. The highest BCUT2D eigenvalue weighted by Gasteiger charge is 2.17. The van der Waals surface area contributed by atoms with Gasteiger partial charge in [-0.15, -0.1) is 11.3 Å². The second-order valence-corrected chi connectivity index (χ2v) is 7.74. The average molecular weight is 381 g/mol. The van der Waals surface area contributed by atoms with E-state index in [-0.39, 0.29) is 5.91 Å². The molecule has 0 bridgehead atoms. The zero-order chi connectivity index (χ0) is 17.8. The zero-order valence-electron chi connectivity index (χ0n) is 14.3. The maximum absolute atomic E-state index is 12.7. The fraction of sp³-hybridized carbons (Fsp3) is 0.444. The van der Waals surface area contributed by atoms with Crippen molar-refractivity contribution in [3.05, 3.63) is 44.7 Å². The summed E-state index contributed by atoms with van der Waals surface area (Å²) in [7, 11) is 1.53. The molecular formula is C18H21ClN2O3S. The van der Waals surface area contributed by atoms with Crippen LogP contribution in [-0.4, -0.2) is 30.8 Å². The van der Waals surface area contributed by atoms with E-state index in [2.05, 4.69) is 15.8 Å². The van der Waals surface area contributed by atoms with E-state index in [0.29, 0.717) is 27.1 Å². The van der Waals surface area contributed by atoms with Gasteiger partial charge in [0.1, 0.15) is 5.75 Å². The van der Waals surface area contributed by atoms with Gasteiger partial charge in [0.2, 0.25) is 0 Å². The van der Waals surface area contributed by atoms with E-state index in [9.17, 15) is 4.79 Å². The van der Waals surface area contributed by atoms with Gasteiger partial charge in [-0.3, -0.25) is 4.79 Å². The van der Waals surface area contributed by atoms with Gasteiger partial charge >= 0.3 is 0 Å². The normalized spacial score (nSPS) is 16.2. The Hall–Kier alpha value is -1.63. The van der Waals surface area contributed by atoms with Crippen LogP contribution in [0.2, 0.25) is 5.02 Å². The lowest BCUT2D eigenvalue weighted by molar-refractivity contribution is 0.0610. The van der Waals surface area contributed by atoms with E-state index in [0.717, 1.165) is 37.5 Å². The van der Waals surface area contributed by atoms with E-state index < -0.39 is 0 Å². The number of hydrogen-bond donors (Lipinski definition) is 0. The van der Waals surface area contributed by atoms with Crippen LogP contribution in [-0.2, 0) is 11.3 Å². The summed E-state index contributed by atoms with van der Waals surface area (Å²) in [6, 6.07) is 4.97. The third-order valence-electron chi connectivity index (χ3n) is 4.22. The standard InChI is InChI=1S/C18H21ClN2O3S/c1-12-10-21(11-13-5-7-24-8-6-13)18(25-12)20-17(22)15-9-14(19)3-4-16(15)23-2/h3-4,9-10,13H,5-8,11H2,1-2H3/b20-18-. The minimum atomic E-state index is -0.345. The number of carbonyl (C=O) groups is 1. The van der Waals surface area contributed by atoms with E-state index in [1.165, 1.54) is 18.4 Å². The molecule has 5 nitrogen and oxygen atoms in total. The van der Waals surface area contributed by atoms with Crippen LogP contribution in [0, 0.1) is 12.8 Å². The molecule has 0 N–H and O–H groups in total. The Morgan fingerprint density at radius 2 is 2.20 bits per heavy atom. The first-order chi connectivity index (χ1) is 12.1. The summed E-state index contributed by atoms with van der Waals surface area (Å²) < 4.78 is 12.8. The number of carbonyl (C=O) groups excluding carboxylic acids is 1. The molecule has 25 heavy (non-hydrogen) atoms. The Kier molecular flexibility index (Phi) is 5.93. The number of rotatable bonds is 4. The number of aryl methyl sites for hydroxylation is 1. The highest BCUT2D eigenvalue weighted by atomic mass is 35.5. The molecular weight excluding hydrogens is 360 g/mol. The molecule has 1 aliphatic rings. The molecule has 2 aromatic rings. The van der Waals surface area contributed by atoms with E-state index in [1.54, 1.807) is 18.2 Å². The summed E-state index contributed by atoms with van der Waals surface area (Å²) in [4.78, 5) is 18.8. The van der Waals surface area contributed by atoms with Crippen molar-refractivity contribution in [2.24, 2.45) is 10.9 Å². The van der Waals surface area contributed by atoms with Crippen molar-refractivity contribution in [1.29, 1.82) is 0 Å². The first-order valence-corrected chi connectivity index (χ1v) is 9.43. The monoisotopic (exact) mass is 380 g/mol. The molecule has 0 aliphatic carbocycles. The largest absolute Gasteiger partial charge is 0.496 e. The number of aromatic nitrogens is 1. The molecule has 2 heterocycles. The number of halogens is 1. The molecule has 0 atom stereocenters. The number of nitrogens with zero attached hydrogens (tertiary/aromatic N) is 2. The average Bonchev–Trinajstić information content (AvgIpc) is 2.94. The van der Waals surface area contributed by atoms with Gasteiger partial charge < -0.3 is 14.0 Å². The van der Waals surface area contributed by atoms with Gasteiger partial charge in [-0.1, -0.05) is 11.6 Å². The van der Waals surface area contributed by atoms with E-state index >= 15 is 0 Å². The minimum absolute atomic E-state index is 0.345. The maximum atomic E-state index is 12.7. The predicted molar refractivity (Wildman–Crippen MR) is 98.5 cm³/mol. The number of thiazole rings is 1. The summed E-state index contributed by atoms with van der Waals surface area (Å²) in [6.07, 6.45) is 4.14. The van der Waals surface area contributed by atoms with Crippen LogP contribution in [0.3, 0.4) is 0 Å². The third-order valence-corrected chi connectivity index (χ3v) is 5.39. The van der Waals surface area contributed by atoms with Crippen LogP contribution in [0.1, 0.15) is 28.1 Å². The molecule has 0 unspecified atom stereocenters. The van der Waals surface area contributed by atoms with Gasteiger partial charge in [0.05, 0.1) is 12.7 Å². The number of benzene rings is 1. The molecule has 1 saturated heterocycles. The molecule has 0 radical (unpaired) electrons. The van der Waals surface area contributed by atoms with Crippen molar-refractivity contribution in [3.8, 4) is 5.75 Å². The molecule has 1 fully saturated rings. The molecule has 1 aromatic heterocycles. The van der Waals surface area contributed by atoms with Crippen LogP contribution in [0.25, 0.3) is 0 Å². The smallest absolute Gasteiger partial charge is 0.283 e. The lowest BCUT2D eigenvalue weighted by atomic mass is 10.0. The second kappa shape index (κ2) is 8.17. The molecule has 0 spiro atoms. The topological polar surface area (TPSA) is 52.8 Å². The van der Waals surface area contributed by atoms with Crippen molar-refractivity contribution >= 4 is 28.8 Å². The van der Waals surface area contributed by atoms with Crippen molar-refractivity contribution in [2.75, 3.05) is 20.3 Å². The van der Waals surface area contributed by atoms with Gasteiger partial charge in [0.25, 0.3) is 5.91 Å².